The summed E-state index contributed by atoms with van der Waals surface area (Å²) in [7, 11) is 0. The van der Waals surface area contributed by atoms with Gasteiger partial charge in [-0.05, 0) is 29.8 Å². The summed E-state index contributed by atoms with van der Waals surface area (Å²) in [6.45, 7) is 4.54. The lowest BCUT2D eigenvalue weighted by Gasteiger charge is -2.35. The Morgan fingerprint density at radius 2 is 1.89 bits per heavy atom. The van der Waals surface area contributed by atoms with E-state index in [0.29, 0.717) is 6.54 Å². The number of benzene rings is 1. The molecule has 0 unspecified atom stereocenters. The Bertz CT molecular complexity index is 747. The minimum Gasteiger partial charge on any atom is -0.351 e. The van der Waals surface area contributed by atoms with Crippen LogP contribution in [0.25, 0.3) is 0 Å². The van der Waals surface area contributed by atoms with Crippen molar-refractivity contribution in [1.29, 1.82) is 0 Å². The van der Waals surface area contributed by atoms with E-state index in [-0.39, 0.29) is 24.2 Å². The average Bonchev–Trinajstić information content (AvgIpc) is 3.23. The third-order valence-corrected chi connectivity index (χ3v) is 5.97. The number of thioether (sulfide) groups is 1. The molecule has 146 valence electrons. The van der Waals surface area contributed by atoms with Crippen molar-refractivity contribution in [2.24, 2.45) is 0 Å². The first-order chi connectivity index (χ1) is 12.7. The van der Waals surface area contributed by atoms with Gasteiger partial charge >= 0.3 is 0 Å². The number of amides is 2. The normalized spacial score (nSPS) is 14.5. The van der Waals surface area contributed by atoms with Gasteiger partial charge < -0.3 is 10.2 Å². The van der Waals surface area contributed by atoms with Gasteiger partial charge in [-0.15, -0.1) is 24.2 Å². The van der Waals surface area contributed by atoms with Crippen molar-refractivity contribution >= 4 is 47.3 Å². The Hall–Kier alpha value is -1.54. The molecule has 1 aromatic carbocycles. The molecule has 3 rings (SSSR count). The van der Waals surface area contributed by atoms with Crippen molar-refractivity contribution in [3.05, 3.63) is 52.2 Å². The van der Waals surface area contributed by atoms with Gasteiger partial charge in [0.2, 0.25) is 0 Å². The fraction of sp³-hybridized carbons (Fsp3) is 0.368. The Morgan fingerprint density at radius 3 is 2.56 bits per heavy atom. The summed E-state index contributed by atoms with van der Waals surface area (Å²) < 4.78 is 0. The number of nitrogens with one attached hydrogen (secondary N) is 1. The predicted molar refractivity (Wildman–Crippen MR) is 114 cm³/mol. The molecule has 27 heavy (non-hydrogen) atoms. The summed E-state index contributed by atoms with van der Waals surface area (Å²) in [6.07, 6.45) is 1.99. The van der Waals surface area contributed by atoms with Crippen LogP contribution in [0.1, 0.15) is 20.7 Å². The molecule has 0 radical (unpaired) electrons. The zero-order chi connectivity index (χ0) is 18.4. The SMILES string of the molecule is CSc1ccccc1C(=O)N1CCN(CCNC(=O)c2ccsc2)CC1.Cl. The van der Waals surface area contributed by atoms with E-state index in [1.807, 2.05) is 52.2 Å². The van der Waals surface area contributed by atoms with Crippen LogP contribution in [-0.2, 0) is 0 Å². The summed E-state index contributed by atoms with van der Waals surface area (Å²) in [5.74, 6) is 0.0918. The highest BCUT2D eigenvalue weighted by atomic mass is 35.5. The lowest BCUT2D eigenvalue weighted by atomic mass is 10.2. The largest absolute Gasteiger partial charge is 0.351 e. The number of hydrogen-bond donors (Lipinski definition) is 1. The lowest BCUT2D eigenvalue weighted by Crippen LogP contribution is -2.50. The van der Waals surface area contributed by atoms with Gasteiger partial charge in [-0.3, -0.25) is 14.5 Å². The second-order valence-electron chi connectivity index (χ2n) is 6.10. The Balaban J connectivity index is 0.00000261. The number of carbonyl (C=O) groups excluding carboxylic acids is 2. The molecule has 5 nitrogen and oxygen atoms in total. The van der Waals surface area contributed by atoms with Gasteiger partial charge in [-0.25, -0.2) is 0 Å². The van der Waals surface area contributed by atoms with Crippen molar-refractivity contribution in [3.8, 4) is 0 Å². The molecular formula is C19H24ClN3O2S2. The van der Waals surface area contributed by atoms with E-state index in [4.69, 9.17) is 0 Å². The minimum absolute atomic E-state index is 0. The van der Waals surface area contributed by atoms with Crippen molar-refractivity contribution in [2.45, 2.75) is 4.90 Å². The fourth-order valence-electron chi connectivity index (χ4n) is 2.99. The quantitative estimate of drug-likeness (QED) is 0.722. The van der Waals surface area contributed by atoms with Crippen LogP contribution in [0.5, 0.6) is 0 Å². The molecule has 1 aliphatic heterocycles. The molecule has 0 spiro atoms. The van der Waals surface area contributed by atoms with Crippen LogP contribution >= 0.6 is 35.5 Å². The fourth-order valence-corrected chi connectivity index (χ4v) is 4.22. The van der Waals surface area contributed by atoms with Gasteiger partial charge in [0.1, 0.15) is 0 Å². The first kappa shape index (κ1) is 21.8. The molecular weight excluding hydrogens is 402 g/mol. The van der Waals surface area contributed by atoms with E-state index in [2.05, 4.69) is 10.2 Å². The third kappa shape index (κ3) is 5.72. The van der Waals surface area contributed by atoms with Gasteiger partial charge in [0, 0.05) is 55.1 Å². The van der Waals surface area contributed by atoms with Crippen LogP contribution in [0.2, 0.25) is 0 Å². The predicted octanol–water partition coefficient (Wildman–Crippen LogP) is 3.08. The van der Waals surface area contributed by atoms with Crippen LogP contribution in [0.3, 0.4) is 0 Å². The van der Waals surface area contributed by atoms with Crippen LogP contribution in [-0.4, -0.2) is 67.1 Å². The number of halogens is 1. The molecule has 1 aromatic heterocycles. The maximum Gasteiger partial charge on any atom is 0.255 e. The molecule has 1 fully saturated rings. The minimum atomic E-state index is -0.0197. The number of piperazine rings is 1. The van der Waals surface area contributed by atoms with Gasteiger partial charge in [-0.1, -0.05) is 12.1 Å². The second kappa shape index (κ2) is 10.7. The van der Waals surface area contributed by atoms with E-state index >= 15 is 0 Å². The molecule has 0 aliphatic carbocycles. The van der Waals surface area contributed by atoms with Gasteiger partial charge in [0.05, 0.1) is 5.56 Å². The monoisotopic (exact) mass is 425 g/mol. The zero-order valence-electron chi connectivity index (χ0n) is 15.2. The summed E-state index contributed by atoms with van der Waals surface area (Å²) in [4.78, 5) is 29.9. The molecule has 1 aliphatic rings. The highest BCUT2D eigenvalue weighted by Gasteiger charge is 2.23. The van der Waals surface area contributed by atoms with E-state index in [1.165, 1.54) is 11.3 Å². The van der Waals surface area contributed by atoms with Crippen molar-refractivity contribution < 1.29 is 9.59 Å². The summed E-state index contributed by atoms with van der Waals surface area (Å²) in [5, 5.41) is 6.71. The topological polar surface area (TPSA) is 52.7 Å². The second-order valence-corrected chi connectivity index (χ2v) is 7.73. The lowest BCUT2D eigenvalue weighted by molar-refractivity contribution is 0.0634. The Kier molecular flexibility index (Phi) is 8.63. The Morgan fingerprint density at radius 1 is 1.15 bits per heavy atom. The van der Waals surface area contributed by atoms with Gasteiger partial charge in [0.25, 0.3) is 11.8 Å². The molecule has 0 bridgehead atoms. The van der Waals surface area contributed by atoms with Crippen molar-refractivity contribution in [2.75, 3.05) is 45.5 Å². The number of carbonyl (C=O) groups is 2. The van der Waals surface area contributed by atoms with Crippen LogP contribution in [0.15, 0.2) is 46.0 Å². The molecule has 0 saturated carbocycles. The maximum absolute atomic E-state index is 12.8. The van der Waals surface area contributed by atoms with Gasteiger partial charge in [-0.2, -0.15) is 11.3 Å². The third-order valence-electron chi connectivity index (χ3n) is 4.49. The molecule has 2 aromatic rings. The maximum atomic E-state index is 12.8. The summed E-state index contributed by atoms with van der Waals surface area (Å²) in [6, 6.07) is 9.60. The molecule has 8 heteroatoms. The number of thiophene rings is 1. The van der Waals surface area contributed by atoms with Crippen molar-refractivity contribution in [1.82, 2.24) is 15.1 Å². The molecule has 2 amide bonds. The summed E-state index contributed by atoms with van der Waals surface area (Å²) in [5.41, 5.74) is 1.51. The smallest absolute Gasteiger partial charge is 0.255 e. The number of nitrogens with zero attached hydrogens (tertiary/aromatic N) is 2. The van der Waals surface area contributed by atoms with Crippen LogP contribution in [0, 0.1) is 0 Å². The first-order valence-corrected chi connectivity index (χ1v) is 10.8. The molecule has 0 atom stereocenters. The average molecular weight is 426 g/mol. The van der Waals surface area contributed by atoms with Crippen molar-refractivity contribution in [3.63, 3.8) is 0 Å². The standard InChI is InChI=1S/C19H23N3O2S2.ClH/c1-25-17-5-3-2-4-16(17)19(24)22-11-9-21(10-12-22)8-7-20-18(23)15-6-13-26-14-15;/h2-6,13-14H,7-12H2,1H3,(H,20,23);1H. The molecule has 1 N–H and O–H groups in total. The van der Waals surface area contributed by atoms with E-state index in [1.54, 1.807) is 11.8 Å². The highest BCUT2D eigenvalue weighted by molar-refractivity contribution is 7.98. The molecule has 2 heterocycles. The van der Waals surface area contributed by atoms with E-state index in [9.17, 15) is 9.59 Å². The molecule has 1 saturated heterocycles. The highest BCUT2D eigenvalue weighted by Crippen LogP contribution is 2.21. The Labute approximate surface area is 174 Å². The first-order valence-electron chi connectivity index (χ1n) is 8.64. The van der Waals surface area contributed by atoms with Crippen LogP contribution in [0.4, 0.5) is 0 Å². The number of hydrogen-bond acceptors (Lipinski definition) is 5. The van der Waals surface area contributed by atoms with E-state index < -0.39 is 0 Å². The zero-order valence-corrected chi connectivity index (χ0v) is 17.7. The number of rotatable bonds is 6. The summed E-state index contributed by atoms with van der Waals surface area (Å²) >= 11 is 3.13. The van der Waals surface area contributed by atoms with Gasteiger partial charge in [0.15, 0.2) is 0 Å². The van der Waals surface area contributed by atoms with E-state index in [0.717, 1.165) is 48.7 Å². The van der Waals surface area contributed by atoms with Crippen LogP contribution < -0.4 is 5.32 Å².